The molecule has 0 unspecified atom stereocenters. The average Bonchev–Trinajstić information content (AvgIpc) is 3.06. The van der Waals surface area contributed by atoms with Crippen molar-refractivity contribution in [3.8, 4) is 0 Å². The van der Waals surface area contributed by atoms with Crippen LogP contribution in [0.25, 0.3) is 0 Å². The molecule has 1 rings (SSSR count). The first-order chi connectivity index (χ1) is 15.6. The standard InChI is InChI=1S/C28H52N2O2/c1-4-6-8-10-12-14-16-18-20-22-24-30-28(32)27(25(3)29-30)26(31)23-21-19-17-15-13-11-9-7-5-2/h29H,4-24H2,1-3H3. The van der Waals surface area contributed by atoms with E-state index in [0.717, 1.165) is 31.4 Å². The van der Waals surface area contributed by atoms with Gasteiger partial charge in [-0.05, 0) is 19.8 Å². The van der Waals surface area contributed by atoms with Crippen LogP contribution in [-0.2, 0) is 6.54 Å². The Morgan fingerprint density at radius 3 is 1.53 bits per heavy atom. The van der Waals surface area contributed by atoms with Gasteiger partial charge in [0, 0.05) is 18.7 Å². The van der Waals surface area contributed by atoms with Crippen molar-refractivity contribution in [1.29, 1.82) is 0 Å². The van der Waals surface area contributed by atoms with E-state index >= 15 is 0 Å². The lowest BCUT2D eigenvalue weighted by molar-refractivity contribution is 0.0977. The second-order valence-electron chi connectivity index (χ2n) is 9.75. The number of Topliss-reactive ketones (excluding diaryl/α,β-unsaturated/α-hetero) is 1. The fraction of sp³-hybridized carbons (Fsp3) is 0.857. The van der Waals surface area contributed by atoms with Crippen molar-refractivity contribution in [2.24, 2.45) is 0 Å². The van der Waals surface area contributed by atoms with Crippen molar-refractivity contribution in [2.45, 2.75) is 156 Å². The molecule has 0 aromatic carbocycles. The predicted molar refractivity (Wildman–Crippen MR) is 138 cm³/mol. The van der Waals surface area contributed by atoms with E-state index in [0.29, 0.717) is 18.5 Å². The monoisotopic (exact) mass is 448 g/mol. The Hall–Kier alpha value is -1.32. The number of aromatic amines is 1. The molecule has 32 heavy (non-hydrogen) atoms. The van der Waals surface area contributed by atoms with Gasteiger partial charge < -0.3 is 0 Å². The van der Waals surface area contributed by atoms with Crippen LogP contribution in [0.1, 0.15) is 158 Å². The quantitative estimate of drug-likeness (QED) is 0.143. The number of hydrogen-bond donors (Lipinski definition) is 1. The molecule has 0 aliphatic rings. The molecule has 0 fully saturated rings. The van der Waals surface area contributed by atoms with Crippen molar-refractivity contribution in [3.63, 3.8) is 0 Å². The maximum atomic E-state index is 12.7. The third-order valence-corrected chi connectivity index (χ3v) is 6.66. The van der Waals surface area contributed by atoms with Gasteiger partial charge >= 0.3 is 0 Å². The Morgan fingerprint density at radius 1 is 0.656 bits per heavy atom. The Morgan fingerprint density at radius 2 is 1.06 bits per heavy atom. The molecule has 1 aromatic rings. The van der Waals surface area contributed by atoms with Gasteiger partial charge in [0.05, 0.1) is 0 Å². The highest BCUT2D eigenvalue weighted by Gasteiger charge is 2.18. The van der Waals surface area contributed by atoms with Gasteiger partial charge in [-0.2, -0.15) is 0 Å². The van der Waals surface area contributed by atoms with Gasteiger partial charge in [0.1, 0.15) is 5.56 Å². The molecular weight excluding hydrogens is 396 g/mol. The normalized spacial score (nSPS) is 11.3. The van der Waals surface area contributed by atoms with Crippen LogP contribution in [0.5, 0.6) is 0 Å². The molecule has 0 saturated carbocycles. The summed E-state index contributed by atoms with van der Waals surface area (Å²) in [6.07, 6.45) is 24.4. The molecule has 0 spiro atoms. The van der Waals surface area contributed by atoms with Gasteiger partial charge in [-0.1, -0.05) is 123 Å². The fourth-order valence-corrected chi connectivity index (χ4v) is 4.57. The summed E-state index contributed by atoms with van der Waals surface area (Å²) >= 11 is 0. The van der Waals surface area contributed by atoms with Crippen molar-refractivity contribution >= 4 is 5.78 Å². The molecule has 0 radical (unpaired) electrons. The molecule has 0 atom stereocenters. The molecular formula is C28H52N2O2. The second kappa shape index (κ2) is 19.2. The summed E-state index contributed by atoms with van der Waals surface area (Å²) in [5, 5.41) is 3.14. The number of carbonyl (C=O) groups is 1. The number of nitrogens with one attached hydrogen (secondary N) is 1. The molecule has 0 aliphatic carbocycles. The largest absolute Gasteiger partial charge is 0.299 e. The molecule has 1 heterocycles. The average molecular weight is 449 g/mol. The fourth-order valence-electron chi connectivity index (χ4n) is 4.57. The number of aromatic nitrogens is 2. The lowest BCUT2D eigenvalue weighted by atomic mass is 10.0. The van der Waals surface area contributed by atoms with Crippen LogP contribution >= 0.6 is 0 Å². The van der Waals surface area contributed by atoms with Crippen LogP contribution in [0.3, 0.4) is 0 Å². The van der Waals surface area contributed by atoms with Crippen LogP contribution in [0.15, 0.2) is 4.79 Å². The number of aryl methyl sites for hydroxylation is 2. The smallest absolute Gasteiger partial charge is 0.277 e. The second-order valence-corrected chi connectivity index (χ2v) is 9.75. The minimum absolute atomic E-state index is 0.0218. The zero-order valence-electron chi connectivity index (χ0n) is 21.6. The minimum atomic E-state index is -0.112. The van der Waals surface area contributed by atoms with Gasteiger partial charge in [0.15, 0.2) is 5.78 Å². The summed E-state index contributed by atoms with van der Waals surface area (Å²) in [4.78, 5) is 25.3. The minimum Gasteiger partial charge on any atom is -0.299 e. The number of carbonyl (C=O) groups excluding carboxylic acids is 1. The zero-order chi connectivity index (χ0) is 23.4. The van der Waals surface area contributed by atoms with E-state index in [1.165, 1.54) is 96.3 Å². The van der Waals surface area contributed by atoms with E-state index in [-0.39, 0.29) is 11.3 Å². The number of hydrogen-bond acceptors (Lipinski definition) is 2. The van der Waals surface area contributed by atoms with E-state index < -0.39 is 0 Å². The van der Waals surface area contributed by atoms with Crippen molar-refractivity contribution < 1.29 is 4.79 Å². The summed E-state index contributed by atoms with van der Waals surface area (Å²) in [5.74, 6) is 0.0218. The molecule has 0 amide bonds. The van der Waals surface area contributed by atoms with E-state index in [9.17, 15) is 9.59 Å². The van der Waals surface area contributed by atoms with Crippen molar-refractivity contribution in [2.75, 3.05) is 0 Å². The van der Waals surface area contributed by atoms with E-state index in [1.807, 2.05) is 6.92 Å². The van der Waals surface area contributed by atoms with Gasteiger partial charge in [-0.25, -0.2) is 0 Å². The number of rotatable bonds is 22. The van der Waals surface area contributed by atoms with Gasteiger partial charge in [0.25, 0.3) is 5.56 Å². The third kappa shape index (κ3) is 12.6. The van der Waals surface area contributed by atoms with Crippen molar-refractivity contribution in [1.82, 2.24) is 9.78 Å². The van der Waals surface area contributed by atoms with Crippen LogP contribution in [0.4, 0.5) is 0 Å². The van der Waals surface area contributed by atoms with Gasteiger partial charge in [0.2, 0.25) is 0 Å². The van der Waals surface area contributed by atoms with Crippen LogP contribution in [0, 0.1) is 6.92 Å². The summed E-state index contributed by atoms with van der Waals surface area (Å²) in [6.45, 7) is 7.06. The predicted octanol–water partition coefficient (Wildman–Crippen LogP) is 8.51. The maximum Gasteiger partial charge on any atom is 0.277 e. The Bertz CT molecular complexity index is 644. The van der Waals surface area contributed by atoms with Crippen LogP contribution in [-0.4, -0.2) is 15.6 Å². The first-order valence-corrected chi connectivity index (χ1v) is 13.9. The molecule has 0 bridgehead atoms. The summed E-state index contributed by atoms with van der Waals surface area (Å²) < 4.78 is 1.66. The molecule has 4 nitrogen and oxygen atoms in total. The number of H-pyrrole nitrogens is 1. The molecule has 4 heteroatoms. The highest BCUT2D eigenvalue weighted by atomic mass is 16.2. The first-order valence-electron chi connectivity index (χ1n) is 13.9. The van der Waals surface area contributed by atoms with E-state index in [4.69, 9.17) is 0 Å². The molecule has 186 valence electrons. The zero-order valence-corrected chi connectivity index (χ0v) is 21.6. The van der Waals surface area contributed by atoms with Crippen LogP contribution < -0.4 is 5.56 Å². The molecule has 1 N–H and O–H groups in total. The third-order valence-electron chi connectivity index (χ3n) is 6.66. The Kier molecular flexibility index (Phi) is 17.2. The van der Waals surface area contributed by atoms with E-state index in [2.05, 4.69) is 18.9 Å². The summed E-state index contributed by atoms with van der Waals surface area (Å²) in [6, 6.07) is 0. The Balaban J connectivity index is 2.19. The molecule has 0 saturated heterocycles. The SMILES string of the molecule is CCCCCCCCCCCCn1[nH]c(C)c(C(=O)CCCCCCCCCCC)c1=O. The number of ketones is 1. The van der Waals surface area contributed by atoms with E-state index in [1.54, 1.807) is 4.68 Å². The molecule has 1 aromatic heterocycles. The van der Waals surface area contributed by atoms with Crippen LogP contribution in [0.2, 0.25) is 0 Å². The molecule has 0 aliphatic heterocycles. The topological polar surface area (TPSA) is 54.9 Å². The Labute approximate surface area is 197 Å². The first kappa shape index (κ1) is 28.7. The lowest BCUT2D eigenvalue weighted by Gasteiger charge is -2.03. The van der Waals surface area contributed by atoms with Gasteiger partial charge in [-0.15, -0.1) is 0 Å². The van der Waals surface area contributed by atoms with Gasteiger partial charge in [-0.3, -0.25) is 19.4 Å². The summed E-state index contributed by atoms with van der Waals surface area (Å²) in [7, 11) is 0. The maximum absolute atomic E-state index is 12.7. The highest BCUT2D eigenvalue weighted by Crippen LogP contribution is 2.14. The summed E-state index contributed by atoms with van der Waals surface area (Å²) in [5.41, 5.74) is 1.03. The van der Waals surface area contributed by atoms with Crippen molar-refractivity contribution in [3.05, 3.63) is 21.6 Å². The highest BCUT2D eigenvalue weighted by molar-refractivity contribution is 5.96. The lowest BCUT2D eigenvalue weighted by Crippen LogP contribution is -2.21. The number of nitrogens with zero attached hydrogens (tertiary/aromatic N) is 1. The number of unbranched alkanes of at least 4 members (excludes halogenated alkanes) is 17.